The van der Waals surface area contributed by atoms with Crippen LogP contribution in [0.25, 0.3) is 0 Å². The van der Waals surface area contributed by atoms with E-state index in [2.05, 4.69) is 10.6 Å². The quantitative estimate of drug-likeness (QED) is 0.644. The second-order valence-electron chi connectivity index (χ2n) is 5.67. The van der Waals surface area contributed by atoms with Crippen LogP contribution in [0.1, 0.15) is 15.9 Å². The molecule has 0 unspecified atom stereocenters. The zero-order valence-electron chi connectivity index (χ0n) is 13.9. The Hall–Kier alpha value is -3.60. The van der Waals surface area contributed by atoms with E-state index in [-0.39, 0.29) is 12.3 Å². The van der Waals surface area contributed by atoms with Gasteiger partial charge in [-0.05, 0) is 36.4 Å². The van der Waals surface area contributed by atoms with Crippen LogP contribution in [0.2, 0.25) is 0 Å². The summed E-state index contributed by atoms with van der Waals surface area (Å²) in [5.41, 5.74) is 3.42. The van der Waals surface area contributed by atoms with Crippen LogP contribution in [-0.4, -0.2) is 18.3 Å². The van der Waals surface area contributed by atoms with Crippen LogP contribution in [0.5, 0.6) is 0 Å². The van der Waals surface area contributed by atoms with Crippen molar-refractivity contribution in [1.82, 2.24) is 0 Å². The van der Waals surface area contributed by atoms with E-state index in [1.54, 1.807) is 30.3 Å². The highest BCUT2D eigenvalue weighted by Gasteiger charge is 2.08. The predicted octanol–water partition coefficient (Wildman–Crippen LogP) is 2.82. The summed E-state index contributed by atoms with van der Waals surface area (Å²) in [6, 6.07) is 23.5. The molecule has 0 aromatic heterocycles. The Bertz CT molecular complexity index is 906. The second-order valence-corrected chi connectivity index (χ2v) is 5.67. The number of nitrogens with one attached hydrogen (secondary N) is 2. The highest BCUT2D eigenvalue weighted by atomic mass is 16.4. The molecule has 3 aromatic carbocycles. The third-order valence-corrected chi connectivity index (χ3v) is 3.81. The molecule has 0 aliphatic rings. The standard InChI is InChI=1S/C21H18N2O3/c24-20(25)14-22-18-8-4-5-9-19(18)23-17-12-10-16(11-13-17)21(26)15-6-2-1-3-7-15/h1-13,22-23H,14H2,(H,24,25)/p-1. The van der Waals surface area contributed by atoms with E-state index in [0.29, 0.717) is 16.8 Å². The van der Waals surface area contributed by atoms with E-state index in [1.807, 2.05) is 48.5 Å². The number of carboxylic acid groups (broad SMARTS) is 1. The number of benzene rings is 3. The second kappa shape index (κ2) is 7.98. The molecule has 0 bridgehead atoms. The molecule has 3 rings (SSSR count). The molecule has 0 atom stereocenters. The zero-order chi connectivity index (χ0) is 18.4. The lowest BCUT2D eigenvalue weighted by molar-refractivity contribution is -0.302. The Morgan fingerprint density at radius 2 is 1.31 bits per heavy atom. The number of carbonyl (C=O) groups is 2. The minimum absolute atomic E-state index is 0.0341. The third-order valence-electron chi connectivity index (χ3n) is 3.81. The first-order chi connectivity index (χ1) is 12.6. The van der Waals surface area contributed by atoms with E-state index in [0.717, 1.165) is 11.4 Å². The molecule has 5 heteroatoms. The van der Waals surface area contributed by atoms with Gasteiger partial charge in [-0.3, -0.25) is 4.79 Å². The molecule has 0 saturated carbocycles. The number of rotatable bonds is 7. The Morgan fingerprint density at radius 1 is 0.731 bits per heavy atom. The summed E-state index contributed by atoms with van der Waals surface area (Å²) in [7, 11) is 0. The summed E-state index contributed by atoms with van der Waals surface area (Å²) >= 11 is 0. The third kappa shape index (κ3) is 4.27. The molecule has 2 N–H and O–H groups in total. The molecule has 5 nitrogen and oxygen atoms in total. The molecule has 26 heavy (non-hydrogen) atoms. The number of aliphatic carboxylic acids is 1. The SMILES string of the molecule is O=C([O-])CNc1ccccc1Nc1ccc(C(=O)c2ccccc2)cc1. The highest BCUT2D eigenvalue weighted by Crippen LogP contribution is 2.25. The first-order valence-corrected chi connectivity index (χ1v) is 8.13. The summed E-state index contributed by atoms with van der Waals surface area (Å²) in [6.07, 6.45) is 0. The van der Waals surface area contributed by atoms with Crippen molar-refractivity contribution in [1.29, 1.82) is 0 Å². The highest BCUT2D eigenvalue weighted by molar-refractivity contribution is 6.09. The fraction of sp³-hybridized carbons (Fsp3) is 0.0476. The van der Waals surface area contributed by atoms with Crippen molar-refractivity contribution in [2.24, 2.45) is 0 Å². The topological polar surface area (TPSA) is 81.3 Å². The van der Waals surface area contributed by atoms with Gasteiger partial charge in [0.05, 0.1) is 23.9 Å². The monoisotopic (exact) mass is 345 g/mol. The van der Waals surface area contributed by atoms with Crippen LogP contribution in [0.3, 0.4) is 0 Å². The van der Waals surface area contributed by atoms with Gasteiger partial charge in [-0.25, -0.2) is 0 Å². The smallest absolute Gasteiger partial charge is 0.193 e. The van der Waals surface area contributed by atoms with Crippen molar-refractivity contribution in [3.8, 4) is 0 Å². The Labute approximate surface area is 151 Å². The van der Waals surface area contributed by atoms with Crippen molar-refractivity contribution in [3.63, 3.8) is 0 Å². The van der Waals surface area contributed by atoms with E-state index in [1.165, 1.54) is 0 Å². The zero-order valence-corrected chi connectivity index (χ0v) is 13.9. The van der Waals surface area contributed by atoms with Gasteiger partial charge in [0, 0.05) is 16.8 Å². The molecule has 0 heterocycles. The fourth-order valence-electron chi connectivity index (χ4n) is 2.53. The van der Waals surface area contributed by atoms with Gasteiger partial charge in [0.2, 0.25) is 0 Å². The van der Waals surface area contributed by atoms with Crippen molar-refractivity contribution in [2.75, 3.05) is 17.2 Å². The normalized spacial score (nSPS) is 10.2. The average Bonchev–Trinajstić information content (AvgIpc) is 2.68. The lowest BCUT2D eigenvalue weighted by atomic mass is 10.0. The number of carbonyl (C=O) groups excluding carboxylic acids is 2. The minimum Gasteiger partial charge on any atom is -0.548 e. The predicted molar refractivity (Wildman–Crippen MR) is 99.5 cm³/mol. The van der Waals surface area contributed by atoms with Gasteiger partial charge in [0.1, 0.15) is 0 Å². The molecule has 0 fully saturated rings. The van der Waals surface area contributed by atoms with Gasteiger partial charge in [-0.15, -0.1) is 0 Å². The Balaban J connectivity index is 1.74. The van der Waals surface area contributed by atoms with Crippen LogP contribution in [-0.2, 0) is 4.79 Å². The van der Waals surface area contributed by atoms with Crippen molar-refractivity contribution in [3.05, 3.63) is 90.0 Å². The molecule has 130 valence electrons. The molecule has 0 amide bonds. The molecule has 0 radical (unpaired) electrons. The van der Waals surface area contributed by atoms with E-state index in [9.17, 15) is 14.7 Å². The van der Waals surface area contributed by atoms with E-state index in [4.69, 9.17) is 0 Å². The van der Waals surface area contributed by atoms with Gasteiger partial charge < -0.3 is 20.5 Å². The molecular weight excluding hydrogens is 328 g/mol. The average molecular weight is 345 g/mol. The number of ketones is 1. The number of anilines is 3. The number of hydrogen-bond acceptors (Lipinski definition) is 5. The van der Waals surface area contributed by atoms with Crippen LogP contribution >= 0.6 is 0 Å². The lowest BCUT2D eigenvalue weighted by Crippen LogP contribution is -2.30. The van der Waals surface area contributed by atoms with Crippen molar-refractivity contribution in [2.45, 2.75) is 0 Å². The summed E-state index contributed by atoms with van der Waals surface area (Å²) in [4.78, 5) is 23.1. The maximum Gasteiger partial charge on any atom is 0.193 e. The Kier molecular flexibility index (Phi) is 5.29. The maximum atomic E-state index is 12.4. The van der Waals surface area contributed by atoms with E-state index >= 15 is 0 Å². The Morgan fingerprint density at radius 3 is 1.96 bits per heavy atom. The van der Waals surface area contributed by atoms with Crippen LogP contribution in [0.4, 0.5) is 17.1 Å². The van der Waals surface area contributed by atoms with Crippen molar-refractivity contribution >= 4 is 28.8 Å². The molecule has 0 aliphatic heterocycles. The fourth-order valence-corrected chi connectivity index (χ4v) is 2.53. The number of carboxylic acids is 1. The van der Waals surface area contributed by atoms with E-state index < -0.39 is 5.97 Å². The van der Waals surface area contributed by atoms with Gasteiger partial charge in [-0.2, -0.15) is 0 Å². The summed E-state index contributed by atoms with van der Waals surface area (Å²) in [6.45, 7) is -0.275. The molecule has 0 spiro atoms. The minimum atomic E-state index is -1.18. The largest absolute Gasteiger partial charge is 0.548 e. The lowest BCUT2D eigenvalue weighted by Gasteiger charge is -2.14. The number of para-hydroxylation sites is 2. The summed E-state index contributed by atoms with van der Waals surface area (Å²) < 4.78 is 0. The van der Waals surface area contributed by atoms with Gasteiger partial charge >= 0.3 is 0 Å². The first kappa shape index (κ1) is 17.2. The van der Waals surface area contributed by atoms with Crippen LogP contribution in [0, 0.1) is 0 Å². The molecule has 0 aliphatic carbocycles. The maximum absolute atomic E-state index is 12.4. The molecule has 3 aromatic rings. The van der Waals surface area contributed by atoms with Gasteiger partial charge in [-0.1, -0.05) is 42.5 Å². The molecular formula is C21H17N2O3-. The summed E-state index contributed by atoms with van der Waals surface area (Å²) in [5.74, 6) is -1.21. The van der Waals surface area contributed by atoms with Gasteiger partial charge in [0.25, 0.3) is 0 Å². The van der Waals surface area contributed by atoms with Crippen molar-refractivity contribution < 1.29 is 14.7 Å². The van der Waals surface area contributed by atoms with Crippen LogP contribution in [0.15, 0.2) is 78.9 Å². The number of hydrogen-bond donors (Lipinski definition) is 2. The van der Waals surface area contributed by atoms with Gasteiger partial charge in [0.15, 0.2) is 5.78 Å². The first-order valence-electron chi connectivity index (χ1n) is 8.13. The molecule has 0 saturated heterocycles. The van der Waals surface area contributed by atoms with Crippen LogP contribution < -0.4 is 15.7 Å². The summed E-state index contributed by atoms with van der Waals surface area (Å²) in [5, 5.41) is 16.7.